The van der Waals surface area contributed by atoms with Gasteiger partial charge in [0.1, 0.15) is 0 Å². The van der Waals surface area contributed by atoms with E-state index in [2.05, 4.69) is 0 Å². The molecule has 1 heterocycles. The fourth-order valence-electron chi connectivity index (χ4n) is 2.13. The van der Waals surface area contributed by atoms with Crippen LogP contribution >= 0.6 is 0 Å². The molecule has 0 saturated carbocycles. The first kappa shape index (κ1) is 15.2. The van der Waals surface area contributed by atoms with Gasteiger partial charge in [-0.2, -0.15) is 0 Å². The quantitative estimate of drug-likeness (QED) is 0.920. The van der Waals surface area contributed by atoms with Gasteiger partial charge in [0.15, 0.2) is 11.5 Å². The highest BCUT2D eigenvalue weighted by molar-refractivity contribution is 5.95. The Labute approximate surface area is 123 Å². The number of fused-ring (bicyclic) bond motifs is 1. The highest BCUT2D eigenvalue weighted by atomic mass is 16.7. The summed E-state index contributed by atoms with van der Waals surface area (Å²) in [7, 11) is 0. The molecular formula is C15H19NO5. The number of carbonyl (C=O) groups is 2. The van der Waals surface area contributed by atoms with Crippen LogP contribution in [0.2, 0.25) is 0 Å². The van der Waals surface area contributed by atoms with Crippen LogP contribution in [-0.2, 0) is 4.79 Å². The first-order valence-corrected chi connectivity index (χ1v) is 6.72. The molecule has 114 valence electrons. The van der Waals surface area contributed by atoms with Gasteiger partial charge in [0.2, 0.25) is 6.79 Å². The minimum Gasteiger partial charge on any atom is -0.481 e. The van der Waals surface area contributed by atoms with Gasteiger partial charge in [0, 0.05) is 17.6 Å². The van der Waals surface area contributed by atoms with Crippen molar-refractivity contribution in [3.63, 3.8) is 0 Å². The van der Waals surface area contributed by atoms with Crippen molar-refractivity contribution >= 4 is 11.9 Å². The Morgan fingerprint density at radius 3 is 2.52 bits per heavy atom. The summed E-state index contributed by atoms with van der Waals surface area (Å²) in [5.41, 5.74) is -0.0114. The highest BCUT2D eigenvalue weighted by Gasteiger charge is 2.28. The molecule has 0 atom stereocenters. The monoisotopic (exact) mass is 293 g/mol. The third kappa shape index (κ3) is 3.45. The summed E-state index contributed by atoms with van der Waals surface area (Å²) in [5.74, 6) is -0.00266. The molecule has 6 heteroatoms. The zero-order valence-corrected chi connectivity index (χ0v) is 12.4. The van der Waals surface area contributed by atoms with E-state index in [1.165, 1.54) is 0 Å². The van der Waals surface area contributed by atoms with Crippen molar-refractivity contribution in [3.8, 4) is 11.5 Å². The lowest BCUT2D eigenvalue weighted by Crippen LogP contribution is -2.46. The number of amides is 1. The minimum absolute atomic E-state index is 0.0897. The van der Waals surface area contributed by atoms with Crippen LogP contribution in [0.15, 0.2) is 18.2 Å². The number of hydrogen-bond acceptors (Lipinski definition) is 4. The number of hydrogen-bond donors (Lipinski definition) is 1. The standard InChI is InChI=1S/C15H19NO5/c1-15(2,3)16(7-6-13(17)18)14(19)10-4-5-11-12(8-10)21-9-20-11/h4-5,8H,6-7,9H2,1-3H3,(H,17,18). The van der Waals surface area contributed by atoms with Crippen molar-refractivity contribution in [3.05, 3.63) is 23.8 Å². The van der Waals surface area contributed by atoms with Crippen LogP contribution < -0.4 is 9.47 Å². The largest absolute Gasteiger partial charge is 0.481 e. The molecule has 0 aromatic heterocycles. The lowest BCUT2D eigenvalue weighted by Gasteiger charge is -2.35. The molecule has 1 amide bonds. The second-order valence-electron chi connectivity index (χ2n) is 5.84. The van der Waals surface area contributed by atoms with Gasteiger partial charge in [0.05, 0.1) is 6.42 Å². The molecule has 0 radical (unpaired) electrons. The molecule has 0 spiro atoms. The molecule has 0 aliphatic carbocycles. The van der Waals surface area contributed by atoms with E-state index in [0.717, 1.165) is 0 Å². The van der Waals surface area contributed by atoms with Crippen molar-refractivity contribution in [1.82, 2.24) is 4.90 Å². The molecule has 0 fully saturated rings. The Morgan fingerprint density at radius 1 is 1.24 bits per heavy atom. The fourth-order valence-corrected chi connectivity index (χ4v) is 2.13. The molecule has 1 aliphatic rings. The number of carboxylic acid groups (broad SMARTS) is 1. The second-order valence-corrected chi connectivity index (χ2v) is 5.84. The Kier molecular flexibility index (Phi) is 4.06. The third-order valence-electron chi connectivity index (χ3n) is 3.22. The predicted octanol–water partition coefficient (Wildman–Crippen LogP) is 2.13. The maximum absolute atomic E-state index is 12.6. The molecule has 1 aromatic carbocycles. The molecule has 0 saturated heterocycles. The summed E-state index contributed by atoms with van der Waals surface area (Å²) < 4.78 is 10.5. The minimum atomic E-state index is -0.928. The van der Waals surface area contributed by atoms with E-state index in [1.54, 1.807) is 23.1 Å². The maximum atomic E-state index is 12.6. The Hall–Kier alpha value is -2.24. The van der Waals surface area contributed by atoms with Crippen LogP contribution in [0.1, 0.15) is 37.6 Å². The summed E-state index contributed by atoms with van der Waals surface area (Å²) >= 11 is 0. The smallest absolute Gasteiger partial charge is 0.305 e. The van der Waals surface area contributed by atoms with Gasteiger partial charge in [-0.15, -0.1) is 0 Å². The summed E-state index contributed by atoms with van der Waals surface area (Å²) in [6, 6.07) is 4.98. The van der Waals surface area contributed by atoms with E-state index in [-0.39, 0.29) is 25.7 Å². The number of rotatable bonds is 4. The van der Waals surface area contributed by atoms with Crippen molar-refractivity contribution < 1.29 is 24.2 Å². The summed E-state index contributed by atoms with van der Waals surface area (Å²) in [6.45, 7) is 5.93. The number of benzene rings is 1. The second kappa shape index (κ2) is 5.63. The van der Waals surface area contributed by atoms with E-state index in [1.807, 2.05) is 20.8 Å². The third-order valence-corrected chi connectivity index (χ3v) is 3.22. The fraction of sp³-hybridized carbons (Fsp3) is 0.467. The Morgan fingerprint density at radius 2 is 1.90 bits per heavy atom. The molecule has 1 aliphatic heterocycles. The molecule has 2 rings (SSSR count). The summed E-state index contributed by atoms with van der Waals surface area (Å²) in [4.78, 5) is 25.0. The van der Waals surface area contributed by atoms with E-state index in [0.29, 0.717) is 17.1 Å². The van der Waals surface area contributed by atoms with Crippen LogP contribution in [-0.4, -0.2) is 40.8 Å². The zero-order valence-electron chi connectivity index (χ0n) is 12.4. The number of nitrogens with zero attached hydrogens (tertiary/aromatic N) is 1. The molecule has 1 aromatic rings. The van der Waals surface area contributed by atoms with E-state index in [9.17, 15) is 9.59 Å². The topological polar surface area (TPSA) is 76.1 Å². The SMILES string of the molecule is CC(C)(C)N(CCC(=O)O)C(=O)c1ccc2c(c1)OCO2. The average Bonchev–Trinajstić information content (AvgIpc) is 2.83. The van der Waals surface area contributed by atoms with E-state index >= 15 is 0 Å². The molecule has 21 heavy (non-hydrogen) atoms. The lowest BCUT2D eigenvalue weighted by atomic mass is 10.0. The van der Waals surface area contributed by atoms with Gasteiger partial charge >= 0.3 is 5.97 Å². The predicted molar refractivity (Wildman–Crippen MR) is 75.6 cm³/mol. The Bertz CT molecular complexity index is 562. The van der Waals surface area contributed by atoms with Crippen LogP contribution in [0, 0.1) is 0 Å². The normalized spacial score (nSPS) is 13.1. The highest BCUT2D eigenvalue weighted by Crippen LogP contribution is 2.33. The van der Waals surface area contributed by atoms with E-state index in [4.69, 9.17) is 14.6 Å². The maximum Gasteiger partial charge on any atom is 0.305 e. The van der Waals surface area contributed by atoms with Gasteiger partial charge in [-0.25, -0.2) is 0 Å². The van der Waals surface area contributed by atoms with Gasteiger partial charge in [-0.1, -0.05) is 0 Å². The van der Waals surface area contributed by atoms with Crippen molar-refractivity contribution in [2.24, 2.45) is 0 Å². The number of carbonyl (C=O) groups excluding carboxylic acids is 1. The summed E-state index contributed by atoms with van der Waals surface area (Å²) in [5, 5.41) is 8.83. The Balaban J connectivity index is 2.23. The van der Waals surface area contributed by atoms with Crippen molar-refractivity contribution in [1.29, 1.82) is 0 Å². The van der Waals surface area contributed by atoms with Crippen LogP contribution in [0.4, 0.5) is 0 Å². The summed E-state index contributed by atoms with van der Waals surface area (Å²) in [6.07, 6.45) is -0.0897. The van der Waals surface area contributed by atoms with Crippen LogP contribution in [0.5, 0.6) is 11.5 Å². The van der Waals surface area contributed by atoms with Gasteiger partial charge in [-0.3, -0.25) is 9.59 Å². The van der Waals surface area contributed by atoms with Crippen LogP contribution in [0.25, 0.3) is 0 Å². The average molecular weight is 293 g/mol. The van der Waals surface area contributed by atoms with Crippen LogP contribution in [0.3, 0.4) is 0 Å². The lowest BCUT2D eigenvalue weighted by molar-refractivity contribution is -0.137. The molecule has 0 unspecified atom stereocenters. The first-order valence-electron chi connectivity index (χ1n) is 6.72. The van der Waals surface area contributed by atoms with Crippen molar-refractivity contribution in [2.75, 3.05) is 13.3 Å². The number of aliphatic carboxylic acids is 1. The van der Waals surface area contributed by atoms with Gasteiger partial charge in [0.25, 0.3) is 5.91 Å². The zero-order chi connectivity index (χ0) is 15.6. The van der Waals surface area contributed by atoms with Gasteiger partial charge in [-0.05, 0) is 39.0 Å². The van der Waals surface area contributed by atoms with Gasteiger partial charge < -0.3 is 19.5 Å². The molecule has 0 bridgehead atoms. The number of ether oxygens (including phenoxy) is 2. The van der Waals surface area contributed by atoms with Crippen molar-refractivity contribution in [2.45, 2.75) is 32.7 Å². The number of carboxylic acids is 1. The molecule has 1 N–H and O–H groups in total. The van der Waals surface area contributed by atoms with E-state index < -0.39 is 11.5 Å². The molecular weight excluding hydrogens is 274 g/mol. The molecule has 6 nitrogen and oxygen atoms in total. The first-order chi connectivity index (χ1) is 9.79.